The monoisotopic (exact) mass is 428 g/mol. The molecule has 0 atom stereocenters. The fourth-order valence-electron chi connectivity index (χ4n) is 5.65. The Balaban J connectivity index is 1.35. The van der Waals surface area contributed by atoms with E-state index in [-0.39, 0.29) is 5.41 Å². The molecular formula is C31H40O. The van der Waals surface area contributed by atoms with Crippen LogP contribution in [0.4, 0.5) is 0 Å². The van der Waals surface area contributed by atoms with E-state index in [2.05, 4.69) is 74.2 Å². The zero-order chi connectivity index (χ0) is 22.3. The molecule has 2 bridgehead atoms. The lowest BCUT2D eigenvalue weighted by Gasteiger charge is -2.51. The van der Waals surface area contributed by atoms with Crippen molar-refractivity contribution in [2.75, 3.05) is 6.61 Å². The normalized spacial score (nSPS) is 24.1. The van der Waals surface area contributed by atoms with Crippen molar-refractivity contribution in [1.82, 2.24) is 0 Å². The SMILES string of the molecule is CCCCCCc1ccc(C23CCC(C#Cc4ccc(OCCC)cc4)(CC2)CC3)cc1. The molecule has 0 radical (unpaired) electrons. The molecule has 2 aromatic carbocycles. The van der Waals surface area contributed by atoms with Crippen LogP contribution >= 0.6 is 0 Å². The number of hydrogen-bond donors (Lipinski definition) is 0. The largest absolute Gasteiger partial charge is 0.494 e. The third-order valence-corrected chi connectivity index (χ3v) is 7.93. The molecule has 3 fully saturated rings. The fraction of sp³-hybridized carbons (Fsp3) is 0.548. The maximum absolute atomic E-state index is 5.69. The first kappa shape index (κ1) is 23.0. The summed E-state index contributed by atoms with van der Waals surface area (Å²) < 4.78 is 5.69. The van der Waals surface area contributed by atoms with Crippen LogP contribution in [-0.4, -0.2) is 6.61 Å². The Bertz CT molecular complexity index is 885. The maximum atomic E-state index is 5.69. The number of hydrogen-bond acceptors (Lipinski definition) is 1. The van der Waals surface area contributed by atoms with E-state index in [1.54, 1.807) is 5.56 Å². The van der Waals surface area contributed by atoms with Gasteiger partial charge < -0.3 is 4.74 Å². The molecule has 0 unspecified atom stereocenters. The zero-order valence-electron chi connectivity index (χ0n) is 20.2. The molecule has 3 aliphatic rings. The number of ether oxygens (including phenoxy) is 1. The quantitative estimate of drug-likeness (QED) is 0.288. The highest BCUT2D eigenvalue weighted by Gasteiger charge is 2.48. The van der Waals surface area contributed by atoms with Crippen molar-refractivity contribution in [3.8, 4) is 17.6 Å². The van der Waals surface area contributed by atoms with Crippen LogP contribution in [0.15, 0.2) is 48.5 Å². The lowest BCUT2D eigenvalue weighted by Crippen LogP contribution is -2.43. The molecule has 0 aliphatic heterocycles. The molecule has 32 heavy (non-hydrogen) atoms. The van der Waals surface area contributed by atoms with Gasteiger partial charge in [-0.1, -0.05) is 69.2 Å². The van der Waals surface area contributed by atoms with E-state index < -0.39 is 0 Å². The fourth-order valence-corrected chi connectivity index (χ4v) is 5.65. The summed E-state index contributed by atoms with van der Waals surface area (Å²) in [5.41, 5.74) is 4.85. The molecule has 0 heterocycles. The van der Waals surface area contributed by atoms with Crippen LogP contribution in [0.3, 0.4) is 0 Å². The molecule has 3 aliphatic carbocycles. The molecule has 1 heteroatoms. The van der Waals surface area contributed by atoms with Gasteiger partial charge in [0.1, 0.15) is 5.75 Å². The minimum atomic E-state index is 0.234. The predicted molar refractivity (Wildman–Crippen MR) is 135 cm³/mol. The van der Waals surface area contributed by atoms with Gasteiger partial charge in [-0.3, -0.25) is 0 Å². The van der Waals surface area contributed by atoms with E-state index in [1.165, 1.54) is 76.2 Å². The first-order chi connectivity index (χ1) is 15.7. The summed E-state index contributed by atoms with van der Waals surface area (Å²) in [5, 5.41) is 0. The van der Waals surface area contributed by atoms with Gasteiger partial charge in [-0.2, -0.15) is 0 Å². The van der Waals surface area contributed by atoms with Crippen molar-refractivity contribution >= 4 is 0 Å². The molecule has 0 spiro atoms. The minimum absolute atomic E-state index is 0.234. The molecular weight excluding hydrogens is 388 g/mol. The molecule has 0 N–H and O–H groups in total. The Hall–Kier alpha value is -2.20. The van der Waals surface area contributed by atoms with E-state index in [0.717, 1.165) is 24.3 Å². The number of benzene rings is 2. The van der Waals surface area contributed by atoms with Gasteiger partial charge >= 0.3 is 0 Å². The van der Waals surface area contributed by atoms with E-state index in [4.69, 9.17) is 4.74 Å². The number of aryl methyl sites for hydroxylation is 1. The van der Waals surface area contributed by atoms with Gasteiger partial charge in [0.15, 0.2) is 0 Å². The van der Waals surface area contributed by atoms with E-state index in [9.17, 15) is 0 Å². The average molecular weight is 429 g/mol. The molecule has 3 saturated carbocycles. The molecule has 5 rings (SSSR count). The second-order valence-electron chi connectivity index (χ2n) is 10.2. The van der Waals surface area contributed by atoms with Crippen molar-refractivity contribution in [2.24, 2.45) is 5.41 Å². The van der Waals surface area contributed by atoms with Crippen LogP contribution in [0, 0.1) is 17.3 Å². The lowest BCUT2D eigenvalue weighted by molar-refractivity contribution is 0.0865. The van der Waals surface area contributed by atoms with Crippen LogP contribution < -0.4 is 4.74 Å². The maximum Gasteiger partial charge on any atom is 0.119 e. The van der Waals surface area contributed by atoms with E-state index >= 15 is 0 Å². The average Bonchev–Trinajstić information content (AvgIpc) is 2.86. The van der Waals surface area contributed by atoms with Gasteiger partial charge in [0.05, 0.1) is 6.61 Å². The van der Waals surface area contributed by atoms with E-state index in [1.807, 2.05) is 0 Å². The van der Waals surface area contributed by atoms with Gasteiger partial charge in [0, 0.05) is 11.0 Å². The number of unbranched alkanes of at least 4 members (excludes halogenated alkanes) is 3. The zero-order valence-corrected chi connectivity index (χ0v) is 20.2. The predicted octanol–water partition coefficient (Wildman–Crippen LogP) is 8.24. The second-order valence-corrected chi connectivity index (χ2v) is 10.2. The molecule has 0 amide bonds. The summed E-state index contributed by atoms with van der Waals surface area (Å²) in [7, 11) is 0. The standard InChI is InChI=1S/C31H40O/c1-3-5-6-7-8-26-9-13-28(14-10-26)31-22-19-30(20-23-31,21-24-31)18-17-27-11-15-29(16-12-27)32-25-4-2/h9-16H,3-8,19-25H2,1-2H3. The highest BCUT2D eigenvalue weighted by Crippen LogP contribution is 2.57. The second kappa shape index (κ2) is 10.6. The summed E-state index contributed by atoms with van der Waals surface area (Å²) >= 11 is 0. The highest BCUT2D eigenvalue weighted by molar-refractivity contribution is 5.40. The van der Waals surface area contributed by atoms with Gasteiger partial charge in [-0.15, -0.1) is 0 Å². The Morgan fingerprint density at radius 3 is 2.06 bits per heavy atom. The van der Waals surface area contributed by atoms with Gasteiger partial charge in [0.25, 0.3) is 0 Å². The molecule has 0 saturated heterocycles. The topological polar surface area (TPSA) is 9.23 Å². The third kappa shape index (κ3) is 5.40. The first-order valence-electron chi connectivity index (χ1n) is 13.0. The minimum Gasteiger partial charge on any atom is -0.494 e. The summed E-state index contributed by atoms with van der Waals surface area (Å²) in [6, 6.07) is 18.0. The Morgan fingerprint density at radius 1 is 0.750 bits per heavy atom. The summed E-state index contributed by atoms with van der Waals surface area (Å²) in [4.78, 5) is 0. The Morgan fingerprint density at radius 2 is 1.44 bits per heavy atom. The smallest absolute Gasteiger partial charge is 0.119 e. The van der Waals surface area contributed by atoms with Crippen molar-refractivity contribution in [3.63, 3.8) is 0 Å². The van der Waals surface area contributed by atoms with E-state index in [0.29, 0.717) is 5.41 Å². The van der Waals surface area contributed by atoms with Crippen LogP contribution in [-0.2, 0) is 11.8 Å². The van der Waals surface area contributed by atoms with Gasteiger partial charge in [0.2, 0.25) is 0 Å². The van der Waals surface area contributed by atoms with Gasteiger partial charge in [-0.25, -0.2) is 0 Å². The highest BCUT2D eigenvalue weighted by atomic mass is 16.5. The molecule has 2 aromatic rings. The molecule has 0 aromatic heterocycles. The van der Waals surface area contributed by atoms with Crippen LogP contribution in [0.25, 0.3) is 0 Å². The van der Waals surface area contributed by atoms with Crippen molar-refractivity contribution in [1.29, 1.82) is 0 Å². The van der Waals surface area contributed by atoms with Gasteiger partial charge in [-0.05, 0) is 98.6 Å². The Kier molecular flexibility index (Phi) is 7.62. The number of fused-ring (bicyclic) bond motifs is 3. The van der Waals surface area contributed by atoms with Crippen molar-refractivity contribution < 1.29 is 4.74 Å². The Labute approximate surface area is 196 Å². The van der Waals surface area contributed by atoms with Crippen LogP contribution in [0.2, 0.25) is 0 Å². The van der Waals surface area contributed by atoms with Crippen molar-refractivity contribution in [3.05, 3.63) is 65.2 Å². The van der Waals surface area contributed by atoms with Crippen LogP contribution in [0.1, 0.15) is 101 Å². The number of rotatable bonds is 9. The summed E-state index contributed by atoms with van der Waals surface area (Å²) in [6.07, 6.45) is 15.3. The molecule has 170 valence electrons. The molecule has 1 nitrogen and oxygen atoms in total. The van der Waals surface area contributed by atoms with Crippen molar-refractivity contribution in [2.45, 2.75) is 96.3 Å². The summed E-state index contributed by atoms with van der Waals surface area (Å²) in [6.45, 7) is 5.19. The van der Waals surface area contributed by atoms with Crippen LogP contribution in [0.5, 0.6) is 5.75 Å². The summed E-state index contributed by atoms with van der Waals surface area (Å²) in [5.74, 6) is 8.17. The lowest BCUT2D eigenvalue weighted by atomic mass is 9.52. The third-order valence-electron chi connectivity index (χ3n) is 7.93. The first-order valence-corrected chi connectivity index (χ1v) is 13.0.